The minimum absolute atomic E-state index is 0.0948. The van der Waals surface area contributed by atoms with Crippen molar-refractivity contribution in [1.29, 1.82) is 0 Å². The molecule has 180 valence electrons. The molecule has 2 rings (SSSR count). The van der Waals surface area contributed by atoms with Crippen LogP contribution in [0.1, 0.15) is 50.3 Å². The quantitative estimate of drug-likeness (QED) is 0.368. The standard InChI is InChI=1S/C26H36N2O5/c1-9-12-31-24(26(30)33-17(4)5)22(25(29)32-16(2)3)15-21-13-18(6)14-23(27-21)28-19(7)10-11-20(28)8/h9-11,13-14,16-17,22,24H,1,12,15H2,2-8H3/t22-,24+/m0/s1. The Morgan fingerprint density at radius 1 is 1.00 bits per heavy atom. The third-order valence-corrected chi connectivity index (χ3v) is 4.94. The Kier molecular flexibility index (Phi) is 9.41. The van der Waals surface area contributed by atoms with Crippen LogP contribution in [0.3, 0.4) is 0 Å². The lowest BCUT2D eigenvalue weighted by Crippen LogP contribution is -2.42. The highest BCUT2D eigenvalue weighted by atomic mass is 16.6. The number of nitrogens with zero attached hydrogens (tertiary/aromatic N) is 2. The Labute approximate surface area is 196 Å². The molecule has 0 N–H and O–H groups in total. The van der Waals surface area contributed by atoms with E-state index in [0.717, 1.165) is 22.8 Å². The van der Waals surface area contributed by atoms with E-state index in [-0.39, 0.29) is 25.2 Å². The first kappa shape index (κ1) is 26.3. The molecular formula is C26H36N2O5. The third-order valence-electron chi connectivity index (χ3n) is 4.94. The van der Waals surface area contributed by atoms with Crippen LogP contribution in [0.4, 0.5) is 0 Å². The Morgan fingerprint density at radius 3 is 2.12 bits per heavy atom. The van der Waals surface area contributed by atoms with Crippen LogP contribution in [0.15, 0.2) is 36.9 Å². The Bertz CT molecular complexity index is 958. The average Bonchev–Trinajstić information content (AvgIpc) is 3.04. The zero-order valence-electron chi connectivity index (χ0n) is 20.8. The van der Waals surface area contributed by atoms with Gasteiger partial charge in [-0.2, -0.15) is 0 Å². The van der Waals surface area contributed by atoms with Gasteiger partial charge in [0.2, 0.25) is 0 Å². The van der Waals surface area contributed by atoms with Gasteiger partial charge in [0.15, 0.2) is 6.10 Å². The highest BCUT2D eigenvalue weighted by Gasteiger charge is 2.38. The van der Waals surface area contributed by atoms with Gasteiger partial charge in [-0.05, 0) is 78.3 Å². The number of ether oxygens (including phenoxy) is 3. The number of hydrogen-bond donors (Lipinski definition) is 0. The van der Waals surface area contributed by atoms with Crippen molar-refractivity contribution >= 4 is 11.9 Å². The van der Waals surface area contributed by atoms with Crippen LogP contribution in [0.2, 0.25) is 0 Å². The lowest BCUT2D eigenvalue weighted by atomic mass is 9.95. The van der Waals surface area contributed by atoms with Gasteiger partial charge in [0.05, 0.1) is 24.7 Å². The minimum Gasteiger partial charge on any atom is -0.463 e. The van der Waals surface area contributed by atoms with Crippen LogP contribution in [-0.4, -0.2) is 46.4 Å². The van der Waals surface area contributed by atoms with Crippen LogP contribution in [-0.2, 0) is 30.2 Å². The summed E-state index contributed by atoms with van der Waals surface area (Å²) < 4.78 is 18.7. The van der Waals surface area contributed by atoms with E-state index in [2.05, 4.69) is 11.1 Å². The summed E-state index contributed by atoms with van der Waals surface area (Å²) >= 11 is 0. The molecule has 0 aliphatic carbocycles. The van der Waals surface area contributed by atoms with E-state index in [1.54, 1.807) is 27.7 Å². The minimum atomic E-state index is -1.14. The zero-order chi connectivity index (χ0) is 24.7. The molecule has 0 aliphatic heterocycles. The van der Waals surface area contributed by atoms with Crippen molar-refractivity contribution in [1.82, 2.24) is 9.55 Å². The zero-order valence-corrected chi connectivity index (χ0v) is 20.8. The van der Waals surface area contributed by atoms with Crippen LogP contribution in [0.25, 0.3) is 5.82 Å². The molecular weight excluding hydrogens is 420 g/mol. The molecule has 2 aromatic rings. The number of esters is 2. The smallest absolute Gasteiger partial charge is 0.336 e. The van der Waals surface area contributed by atoms with Gasteiger partial charge in [-0.3, -0.25) is 4.79 Å². The number of pyridine rings is 1. The highest BCUT2D eigenvalue weighted by Crippen LogP contribution is 2.22. The maximum Gasteiger partial charge on any atom is 0.336 e. The van der Waals surface area contributed by atoms with E-state index < -0.39 is 24.0 Å². The SMILES string of the molecule is C=CCO[C@@H](C(=O)OC(C)C)[C@H](Cc1cc(C)cc(-n2c(C)ccc2C)n1)C(=O)OC(C)C. The molecule has 0 unspecified atom stereocenters. The molecule has 0 bridgehead atoms. The molecule has 2 aromatic heterocycles. The molecule has 0 aromatic carbocycles. The number of hydrogen-bond acceptors (Lipinski definition) is 6. The molecule has 33 heavy (non-hydrogen) atoms. The maximum atomic E-state index is 13.1. The topological polar surface area (TPSA) is 79.7 Å². The average molecular weight is 457 g/mol. The van der Waals surface area contributed by atoms with Gasteiger partial charge < -0.3 is 18.8 Å². The summed E-state index contributed by atoms with van der Waals surface area (Å²) in [6, 6.07) is 7.96. The Hall–Kier alpha value is -2.93. The highest BCUT2D eigenvalue weighted by molar-refractivity contribution is 5.84. The fraction of sp³-hybridized carbons (Fsp3) is 0.500. The molecule has 2 heterocycles. The number of carbonyl (C=O) groups excluding carboxylic acids is 2. The second-order valence-electron chi connectivity index (χ2n) is 8.77. The van der Waals surface area contributed by atoms with Crippen molar-refractivity contribution in [3.63, 3.8) is 0 Å². The lowest BCUT2D eigenvalue weighted by Gasteiger charge is -2.26. The fourth-order valence-corrected chi connectivity index (χ4v) is 3.65. The third kappa shape index (κ3) is 7.29. The lowest BCUT2D eigenvalue weighted by molar-refractivity contribution is -0.174. The van der Waals surface area contributed by atoms with Gasteiger partial charge in [0.25, 0.3) is 0 Å². The largest absolute Gasteiger partial charge is 0.463 e. The van der Waals surface area contributed by atoms with Crippen LogP contribution < -0.4 is 0 Å². The monoisotopic (exact) mass is 456 g/mol. The molecule has 7 heteroatoms. The second kappa shape index (κ2) is 11.8. The van der Waals surface area contributed by atoms with Gasteiger partial charge in [0, 0.05) is 23.5 Å². The second-order valence-corrected chi connectivity index (χ2v) is 8.77. The van der Waals surface area contributed by atoms with Gasteiger partial charge >= 0.3 is 11.9 Å². The molecule has 0 amide bonds. The number of aryl methyl sites for hydroxylation is 3. The number of carbonyl (C=O) groups is 2. The predicted octanol–water partition coefficient (Wildman–Crippen LogP) is 4.43. The first-order valence-electron chi connectivity index (χ1n) is 11.3. The first-order valence-corrected chi connectivity index (χ1v) is 11.3. The number of aromatic nitrogens is 2. The van der Waals surface area contributed by atoms with Crippen LogP contribution in [0, 0.1) is 26.7 Å². The van der Waals surface area contributed by atoms with Crippen molar-refractivity contribution in [2.75, 3.05) is 6.61 Å². The van der Waals surface area contributed by atoms with E-state index in [4.69, 9.17) is 19.2 Å². The fourth-order valence-electron chi connectivity index (χ4n) is 3.65. The van der Waals surface area contributed by atoms with E-state index in [9.17, 15) is 9.59 Å². The molecule has 0 radical (unpaired) electrons. The van der Waals surface area contributed by atoms with Gasteiger partial charge in [-0.15, -0.1) is 6.58 Å². The molecule has 2 atom stereocenters. The Balaban J connectivity index is 2.48. The van der Waals surface area contributed by atoms with Crippen molar-refractivity contribution in [2.45, 2.75) is 73.2 Å². The Morgan fingerprint density at radius 2 is 1.58 bits per heavy atom. The molecule has 0 aliphatic rings. The predicted molar refractivity (Wildman–Crippen MR) is 127 cm³/mol. The van der Waals surface area contributed by atoms with Gasteiger partial charge in [0.1, 0.15) is 5.82 Å². The van der Waals surface area contributed by atoms with E-state index in [0.29, 0.717) is 5.69 Å². The van der Waals surface area contributed by atoms with Crippen molar-refractivity contribution in [3.8, 4) is 5.82 Å². The molecule has 0 saturated heterocycles. The van der Waals surface area contributed by atoms with Crippen molar-refractivity contribution < 1.29 is 23.8 Å². The maximum absolute atomic E-state index is 13.1. The van der Waals surface area contributed by atoms with E-state index in [1.165, 1.54) is 6.08 Å². The van der Waals surface area contributed by atoms with Crippen molar-refractivity contribution in [3.05, 3.63) is 59.6 Å². The first-order chi connectivity index (χ1) is 15.5. The molecule has 7 nitrogen and oxygen atoms in total. The summed E-state index contributed by atoms with van der Waals surface area (Å²) in [7, 11) is 0. The molecule has 0 saturated carbocycles. The van der Waals surface area contributed by atoms with Gasteiger partial charge in [-0.1, -0.05) is 6.08 Å². The molecule has 0 fully saturated rings. The van der Waals surface area contributed by atoms with Gasteiger partial charge in [-0.25, -0.2) is 9.78 Å². The van der Waals surface area contributed by atoms with E-state index >= 15 is 0 Å². The van der Waals surface area contributed by atoms with Crippen LogP contribution >= 0.6 is 0 Å². The summed E-state index contributed by atoms with van der Waals surface area (Å²) in [5, 5.41) is 0. The van der Waals surface area contributed by atoms with Crippen LogP contribution in [0.5, 0.6) is 0 Å². The summed E-state index contributed by atoms with van der Waals surface area (Å²) in [4.78, 5) is 30.8. The summed E-state index contributed by atoms with van der Waals surface area (Å²) in [6.07, 6.45) is -0.141. The van der Waals surface area contributed by atoms with E-state index in [1.807, 2.05) is 45.0 Å². The molecule has 0 spiro atoms. The number of rotatable bonds is 11. The summed E-state index contributed by atoms with van der Waals surface area (Å²) in [5.74, 6) is -1.30. The summed E-state index contributed by atoms with van der Waals surface area (Å²) in [5.41, 5.74) is 3.76. The summed E-state index contributed by atoms with van der Waals surface area (Å²) in [6.45, 7) is 16.8. The van der Waals surface area contributed by atoms with Crippen molar-refractivity contribution in [2.24, 2.45) is 5.92 Å². The normalized spacial score (nSPS) is 13.1.